The molecule has 1 rings (SSSR count). The van der Waals surface area contributed by atoms with Gasteiger partial charge in [0.15, 0.2) is 0 Å². The first kappa shape index (κ1) is 14.9. The van der Waals surface area contributed by atoms with Crippen LogP contribution in [0, 0.1) is 12.8 Å². The lowest BCUT2D eigenvalue weighted by Crippen LogP contribution is -2.40. The van der Waals surface area contributed by atoms with Gasteiger partial charge in [0.1, 0.15) is 0 Å². The smallest absolute Gasteiger partial charge is 0.317 e. The van der Waals surface area contributed by atoms with Crippen molar-refractivity contribution in [3.63, 3.8) is 0 Å². The number of amides is 2. The second-order valence-electron chi connectivity index (χ2n) is 4.59. The van der Waals surface area contributed by atoms with Crippen molar-refractivity contribution in [2.75, 3.05) is 13.6 Å². The number of hydrogen-bond acceptors (Lipinski definition) is 3. The molecule has 0 spiro atoms. The lowest BCUT2D eigenvalue weighted by atomic mass is 10.2. The molecule has 0 bridgehead atoms. The Morgan fingerprint density at radius 3 is 2.68 bits per heavy atom. The molecule has 19 heavy (non-hydrogen) atoms. The molecule has 2 amide bonds. The maximum absolute atomic E-state index is 11.7. The van der Waals surface area contributed by atoms with Gasteiger partial charge in [-0.15, -0.1) is 0 Å². The molecule has 2 N–H and O–H groups in total. The van der Waals surface area contributed by atoms with Crippen molar-refractivity contribution in [2.24, 2.45) is 5.92 Å². The normalized spacial score (nSPS) is 11.7. The molecule has 0 radical (unpaired) electrons. The van der Waals surface area contributed by atoms with E-state index in [0.29, 0.717) is 6.54 Å². The van der Waals surface area contributed by atoms with Crippen LogP contribution in [-0.2, 0) is 11.3 Å². The van der Waals surface area contributed by atoms with Gasteiger partial charge in [0.25, 0.3) is 0 Å². The molecule has 6 heteroatoms. The quantitative estimate of drug-likeness (QED) is 0.839. The lowest BCUT2D eigenvalue weighted by Gasteiger charge is -2.20. The Hall–Kier alpha value is -2.11. The minimum Gasteiger partial charge on any atom is -0.481 e. The van der Waals surface area contributed by atoms with E-state index >= 15 is 0 Å². The topological polar surface area (TPSA) is 82.5 Å². The molecule has 0 saturated carbocycles. The fourth-order valence-corrected chi connectivity index (χ4v) is 1.49. The van der Waals surface area contributed by atoms with E-state index in [9.17, 15) is 9.59 Å². The zero-order valence-corrected chi connectivity index (χ0v) is 11.4. The van der Waals surface area contributed by atoms with Crippen molar-refractivity contribution in [1.29, 1.82) is 0 Å². The van der Waals surface area contributed by atoms with Crippen LogP contribution in [0.25, 0.3) is 0 Å². The molecule has 1 aromatic rings. The molecule has 1 aromatic heterocycles. The van der Waals surface area contributed by atoms with Crippen LogP contribution in [0.2, 0.25) is 0 Å². The molecule has 0 aliphatic carbocycles. The molecular weight excluding hydrogens is 246 g/mol. The van der Waals surface area contributed by atoms with Crippen molar-refractivity contribution in [3.8, 4) is 0 Å². The van der Waals surface area contributed by atoms with Gasteiger partial charge in [-0.2, -0.15) is 0 Å². The monoisotopic (exact) mass is 265 g/mol. The first-order valence-electron chi connectivity index (χ1n) is 6.03. The summed E-state index contributed by atoms with van der Waals surface area (Å²) in [5, 5.41) is 11.5. The maximum atomic E-state index is 11.7. The second-order valence-corrected chi connectivity index (χ2v) is 4.59. The molecule has 1 unspecified atom stereocenters. The third-order valence-corrected chi connectivity index (χ3v) is 2.73. The van der Waals surface area contributed by atoms with Crippen LogP contribution in [0.4, 0.5) is 4.79 Å². The van der Waals surface area contributed by atoms with Gasteiger partial charge in [-0.3, -0.25) is 9.78 Å². The molecule has 0 fully saturated rings. The van der Waals surface area contributed by atoms with Crippen molar-refractivity contribution < 1.29 is 14.7 Å². The van der Waals surface area contributed by atoms with Gasteiger partial charge in [0, 0.05) is 32.0 Å². The van der Waals surface area contributed by atoms with Crippen molar-refractivity contribution in [1.82, 2.24) is 15.2 Å². The number of carbonyl (C=O) groups excluding carboxylic acids is 1. The van der Waals surface area contributed by atoms with Crippen molar-refractivity contribution in [3.05, 3.63) is 29.6 Å². The minimum absolute atomic E-state index is 0.174. The summed E-state index contributed by atoms with van der Waals surface area (Å²) in [5.74, 6) is -1.50. The summed E-state index contributed by atoms with van der Waals surface area (Å²) in [7, 11) is 1.57. The average molecular weight is 265 g/mol. The van der Waals surface area contributed by atoms with E-state index in [4.69, 9.17) is 5.11 Å². The largest absolute Gasteiger partial charge is 0.481 e. The fourth-order valence-electron chi connectivity index (χ4n) is 1.49. The van der Waals surface area contributed by atoms with Crippen molar-refractivity contribution in [2.45, 2.75) is 20.4 Å². The number of nitrogens with one attached hydrogen (secondary N) is 1. The lowest BCUT2D eigenvalue weighted by molar-refractivity contribution is -0.141. The number of urea groups is 1. The van der Waals surface area contributed by atoms with E-state index in [1.807, 2.05) is 19.1 Å². The molecule has 0 aliphatic heterocycles. The summed E-state index contributed by atoms with van der Waals surface area (Å²) in [6.45, 7) is 4.00. The Kier molecular flexibility index (Phi) is 5.29. The maximum Gasteiger partial charge on any atom is 0.317 e. The van der Waals surface area contributed by atoms with Crippen LogP contribution in [0.5, 0.6) is 0 Å². The van der Waals surface area contributed by atoms with E-state index in [1.165, 1.54) is 4.90 Å². The molecule has 1 atom stereocenters. The number of aromatic nitrogens is 1. The summed E-state index contributed by atoms with van der Waals surface area (Å²) < 4.78 is 0. The molecule has 0 saturated heterocycles. The SMILES string of the molecule is Cc1ccc(CNC(=O)N(C)CC(C)C(=O)O)cn1. The van der Waals surface area contributed by atoms with Crippen LogP contribution in [0.15, 0.2) is 18.3 Å². The van der Waals surface area contributed by atoms with E-state index in [0.717, 1.165) is 11.3 Å². The Morgan fingerprint density at radius 2 is 2.16 bits per heavy atom. The first-order valence-corrected chi connectivity index (χ1v) is 6.03. The zero-order chi connectivity index (χ0) is 14.4. The van der Waals surface area contributed by atoms with Crippen LogP contribution in [0.3, 0.4) is 0 Å². The standard InChI is InChI=1S/C13H19N3O3/c1-9(12(17)18)8-16(3)13(19)15-7-11-5-4-10(2)14-6-11/h4-6,9H,7-8H2,1-3H3,(H,15,19)(H,17,18). The molecule has 104 valence electrons. The predicted molar refractivity (Wildman–Crippen MR) is 70.6 cm³/mol. The number of hydrogen-bond donors (Lipinski definition) is 2. The first-order chi connectivity index (χ1) is 8.90. The van der Waals surface area contributed by atoms with E-state index in [-0.39, 0.29) is 12.6 Å². The Labute approximate surface area is 112 Å². The van der Waals surface area contributed by atoms with Crippen LogP contribution < -0.4 is 5.32 Å². The molecular formula is C13H19N3O3. The van der Waals surface area contributed by atoms with E-state index in [1.54, 1.807) is 20.2 Å². The summed E-state index contributed by atoms with van der Waals surface area (Å²) >= 11 is 0. The molecule has 1 heterocycles. The van der Waals surface area contributed by atoms with Crippen LogP contribution in [-0.4, -0.2) is 40.6 Å². The Bertz CT molecular complexity index is 445. The van der Waals surface area contributed by atoms with Gasteiger partial charge >= 0.3 is 12.0 Å². The average Bonchev–Trinajstić information content (AvgIpc) is 2.37. The zero-order valence-electron chi connectivity index (χ0n) is 11.4. The summed E-state index contributed by atoms with van der Waals surface area (Å²) in [6, 6.07) is 3.47. The van der Waals surface area contributed by atoms with Crippen molar-refractivity contribution >= 4 is 12.0 Å². The van der Waals surface area contributed by atoms with Gasteiger partial charge in [-0.1, -0.05) is 13.0 Å². The highest BCUT2D eigenvalue weighted by molar-refractivity contribution is 5.75. The van der Waals surface area contributed by atoms with Gasteiger partial charge in [0.2, 0.25) is 0 Å². The second kappa shape index (κ2) is 6.72. The van der Waals surface area contributed by atoms with Crippen LogP contribution in [0.1, 0.15) is 18.2 Å². The number of carboxylic acid groups (broad SMARTS) is 1. The van der Waals surface area contributed by atoms with Crippen LogP contribution >= 0.6 is 0 Å². The summed E-state index contributed by atoms with van der Waals surface area (Å²) in [6.07, 6.45) is 1.70. The van der Waals surface area contributed by atoms with Gasteiger partial charge in [0.05, 0.1) is 5.92 Å². The Morgan fingerprint density at radius 1 is 1.47 bits per heavy atom. The number of pyridine rings is 1. The third-order valence-electron chi connectivity index (χ3n) is 2.73. The van der Waals surface area contributed by atoms with Gasteiger partial charge < -0.3 is 15.3 Å². The summed E-state index contributed by atoms with van der Waals surface area (Å²) in [4.78, 5) is 27.9. The van der Waals surface area contributed by atoms with E-state index in [2.05, 4.69) is 10.3 Å². The highest BCUT2D eigenvalue weighted by Crippen LogP contribution is 2.01. The van der Waals surface area contributed by atoms with E-state index < -0.39 is 11.9 Å². The number of carbonyl (C=O) groups is 2. The third kappa shape index (κ3) is 4.95. The minimum atomic E-state index is -0.914. The number of aliphatic carboxylic acids is 1. The number of nitrogens with zero attached hydrogens (tertiary/aromatic N) is 2. The van der Waals surface area contributed by atoms with Gasteiger partial charge in [-0.05, 0) is 18.6 Å². The Balaban J connectivity index is 2.42. The number of rotatable bonds is 5. The van der Waals surface area contributed by atoms with Gasteiger partial charge in [-0.25, -0.2) is 4.79 Å². The number of aryl methyl sites for hydroxylation is 1. The summed E-state index contributed by atoms with van der Waals surface area (Å²) in [5.41, 5.74) is 1.82. The highest BCUT2D eigenvalue weighted by atomic mass is 16.4. The molecule has 6 nitrogen and oxygen atoms in total. The molecule has 0 aromatic carbocycles. The fraction of sp³-hybridized carbons (Fsp3) is 0.462. The molecule has 0 aliphatic rings. The number of carboxylic acids is 1. The predicted octanol–water partition coefficient (Wildman–Crippen LogP) is 1.25. The highest BCUT2D eigenvalue weighted by Gasteiger charge is 2.16.